The van der Waals surface area contributed by atoms with Gasteiger partial charge in [0.25, 0.3) is 11.8 Å². The van der Waals surface area contributed by atoms with E-state index in [9.17, 15) is 35.9 Å². The minimum Gasteiger partial charge on any atom is -0.339 e. The largest absolute Gasteiger partial charge is 0.433 e. The van der Waals surface area contributed by atoms with Crippen LogP contribution in [-0.2, 0) is 12.7 Å². The molecule has 0 N–H and O–H groups in total. The second-order valence-electron chi connectivity index (χ2n) is 10.6. The molecular weight excluding hydrogens is 576 g/mol. The fourth-order valence-corrected chi connectivity index (χ4v) is 5.17. The van der Waals surface area contributed by atoms with Crippen LogP contribution in [0.4, 0.5) is 26.3 Å². The first kappa shape index (κ1) is 30.1. The smallest absolute Gasteiger partial charge is 0.339 e. The number of hydrogen-bond acceptors (Lipinski definition) is 4. The maximum Gasteiger partial charge on any atom is 0.433 e. The summed E-state index contributed by atoms with van der Waals surface area (Å²) in [6.07, 6.45) is -5.83. The third-order valence-electron chi connectivity index (χ3n) is 7.38. The van der Waals surface area contributed by atoms with Crippen molar-refractivity contribution >= 4 is 22.7 Å². The maximum atomic E-state index is 13.1. The van der Waals surface area contributed by atoms with Crippen LogP contribution < -0.4 is 0 Å². The summed E-state index contributed by atoms with van der Waals surface area (Å²) in [6, 6.07) is 14.6. The molecule has 0 radical (unpaired) electrons. The molecule has 2 aromatic heterocycles. The Morgan fingerprint density at radius 2 is 1.60 bits per heavy atom. The monoisotopic (exact) mass is 603 g/mol. The Balaban J connectivity index is 1.17. The summed E-state index contributed by atoms with van der Waals surface area (Å²) < 4.78 is 78.8. The number of carbonyl (C=O) groups is 2. The van der Waals surface area contributed by atoms with Gasteiger partial charge in [-0.1, -0.05) is 18.2 Å². The van der Waals surface area contributed by atoms with Crippen LogP contribution in [0.25, 0.3) is 22.2 Å². The Hall–Kier alpha value is -4.42. The third-order valence-corrected chi connectivity index (χ3v) is 7.38. The van der Waals surface area contributed by atoms with Crippen LogP contribution in [0.3, 0.4) is 0 Å². The molecule has 4 aromatic rings. The van der Waals surface area contributed by atoms with Crippen molar-refractivity contribution in [3.05, 3.63) is 83.7 Å². The minimum absolute atomic E-state index is 0.143. The van der Waals surface area contributed by atoms with Crippen molar-refractivity contribution in [2.75, 3.05) is 26.7 Å². The van der Waals surface area contributed by atoms with Gasteiger partial charge >= 0.3 is 12.4 Å². The number of hydrogen-bond donors (Lipinski definition) is 0. The number of carbonyl (C=O) groups excluding carboxylic acids is 2. The summed E-state index contributed by atoms with van der Waals surface area (Å²) in [5.74, 6) is -0.669. The van der Waals surface area contributed by atoms with Gasteiger partial charge < -0.3 is 9.80 Å². The molecule has 1 aliphatic heterocycles. The predicted octanol–water partition coefficient (Wildman–Crippen LogP) is 6.30. The molecule has 0 saturated carbocycles. The molecule has 0 atom stereocenters. The van der Waals surface area contributed by atoms with Crippen LogP contribution in [0.15, 0.2) is 66.9 Å². The van der Waals surface area contributed by atoms with E-state index in [1.807, 2.05) is 0 Å². The zero-order valence-electron chi connectivity index (χ0n) is 23.0. The average molecular weight is 604 g/mol. The quantitative estimate of drug-likeness (QED) is 0.243. The third kappa shape index (κ3) is 7.15. The lowest BCUT2D eigenvalue weighted by Gasteiger charge is -2.32. The van der Waals surface area contributed by atoms with Gasteiger partial charge in [-0.25, -0.2) is 4.98 Å². The van der Waals surface area contributed by atoms with Gasteiger partial charge in [0.2, 0.25) is 0 Å². The van der Waals surface area contributed by atoms with Crippen LogP contribution in [0.2, 0.25) is 0 Å². The van der Waals surface area contributed by atoms with Crippen molar-refractivity contribution in [1.82, 2.24) is 24.6 Å². The van der Waals surface area contributed by atoms with Gasteiger partial charge in [0.05, 0.1) is 11.2 Å². The fourth-order valence-electron chi connectivity index (χ4n) is 5.17. The highest BCUT2D eigenvalue weighted by molar-refractivity contribution is 5.98. The van der Waals surface area contributed by atoms with Crippen molar-refractivity contribution in [2.45, 2.75) is 31.7 Å². The zero-order valence-corrected chi connectivity index (χ0v) is 23.0. The molecule has 1 saturated heterocycles. The molecule has 0 aliphatic carbocycles. The lowest BCUT2D eigenvalue weighted by atomic mass is 9.96. The lowest BCUT2D eigenvalue weighted by molar-refractivity contribution is -0.141. The highest BCUT2D eigenvalue weighted by atomic mass is 19.4. The van der Waals surface area contributed by atoms with E-state index < -0.39 is 30.5 Å². The Bertz CT molecular complexity index is 1620. The number of likely N-dealkylation sites (tertiary alicyclic amines) is 1. The number of rotatable bonds is 6. The van der Waals surface area contributed by atoms with Crippen LogP contribution in [0.5, 0.6) is 0 Å². The first-order chi connectivity index (χ1) is 20.3. The number of piperidine rings is 1. The molecule has 0 unspecified atom stereocenters. The molecule has 2 amide bonds. The highest BCUT2D eigenvalue weighted by Crippen LogP contribution is 2.30. The van der Waals surface area contributed by atoms with Crippen molar-refractivity contribution < 1.29 is 35.9 Å². The van der Waals surface area contributed by atoms with E-state index in [4.69, 9.17) is 0 Å². The van der Waals surface area contributed by atoms with E-state index in [0.29, 0.717) is 46.6 Å². The van der Waals surface area contributed by atoms with E-state index in [1.165, 1.54) is 24.3 Å². The van der Waals surface area contributed by atoms with E-state index in [-0.39, 0.29) is 23.1 Å². The SMILES string of the molecule is CN(CC(F)(F)F)C(=O)c1ccc2nn(CC3CCN(C(=O)c4ccc(-c5cccc(C(F)(F)F)n5)cc4)CC3)cc2c1. The van der Waals surface area contributed by atoms with Gasteiger partial charge in [-0.05, 0) is 61.2 Å². The molecular formula is C30H27F6N5O2. The lowest BCUT2D eigenvalue weighted by Crippen LogP contribution is -2.39. The Labute approximate surface area is 242 Å². The average Bonchev–Trinajstić information content (AvgIpc) is 3.37. The number of amides is 2. The minimum atomic E-state index is -4.55. The fraction of sp³-hybridized carbons (Fsp3) is 0.333. The number of alkyl halides is 6. The van der Waals surface area contributed by atoms with Crippen LogP contribution in [0.1, 0.15) is 39.3 Å². The Morgan fingerprint density at radius 3 is 2.26 bits per heavy atom. The van der Waals surface area contributed by atoms with Crippen molar-refractivity contribution in [2.24, 2.45) is 5.92 Å². The molecule has 5 rings (SSSR count). The number of pyridine rings is 1. The number of aromatic nitrogens is 3. The summed E-state index contributed by atoms with van der Waals surface area (Å²) in [6.45, 7) is 0.274. The molecule has 1 fully saturated rings. The Kier molecular flexibility index (Phi) is 8.17. The van der Waals surface area contributed by atoms with Gasteiger partial charge in [0, 0.05) is 55.0 Å². The molecule has 13 heteroatoms. The second-order valence-corrected chi connectivity index (χ2v) is 10.6. The Morgan fingerprint density at radius 1 is 0.930 bits per heavy atom. The van der Waals surface area contributed by atoms with Crippen molar-refractivity contribution in [3.63, 3.8) is 0 Å². The van der Waals surface area contributed by atoms with Gasteiger partial charge in [-0.2, -0.15) is 31.4 Å². The molecule has 0 bridgehead atoms. The topological polar surface area (TPSA) is 71.3 Å². The number of fused-ring (bicyclic) bond motifs is 1. The van der Waals surface area contributed by atoms with Gasteiger partial charge in [0.1, 0.15) is 12.2 Å². The molecule has 2 aromatic carbocycles. The van der Waals surface area contributed by atoms with Crippen molar-refractivity contribution in [3.8, 4) is 11.3 Å². The van der Waals surface area contributed by atoms with Crippen LogP contribution in [-0.4, -0.2) is 69.2 Å². The van der Waals surface area contributed by atoms with Crippen LogP contribution >= 0.6 is 0 Å². The van der Waals surface area contributed by atoms with Gasteiger partial charge in [-0.3, -0.25) is 14.3 Å². The van der Waals surface area contributed by atoms with E-state index in [1.54, 1.807) is 46.1 Å². The predicted molar refractivity (Wildman–Crippen MR) is 146 cm³/mol. The summed E-state index contributed by atoms with van der Waals surface area (Å²) in [5, 5.41) is 5.17. The molecule has 43 heavy (non-hydrogen) atoms. The summed E-state index contributed by atoms with van der Waals surface area (Å²) >= 11 is 0. The van der Waals surface area contributed by atoms with Crippen molar-refractivity contribution in [1.29, 1.82) is 0 Å². The first-order valence-electron chi connectivity index (χ1n) is 13.5. The van der Waals surface area contributed by atoms with Crippen LogP contribution in [0, 0.1) is 5.92 Å². The first-order valence-corrected chi connectivity index (χ1v) is 13.5. The second kappa shape index (κ2) is 11.7. The zero-order chi connectivity index (χ0) is 30.9. The summed E-state index contributed by atoms with van der Waals surface area (Å²) in [4.78, 5) is 31.6. The number of nitrogens with zero attached hydrogens (tertiary/aromatic N) is 5. The summed E-state index contributed by atoms with van der Waals surface area (Å²) in [5.41, 5.74) is 0.842. The maximum absolute atomic E-state index is 13.1. The standard InChI is InChI=1S/C30H27F6N5O2/c1-39(18-29(31,32)33)27(42)22-9-10-25-23(15-22)17-41(38-25)16-19-11-13-40(14-12-19)28(43)21-7-5-20(6-8-21)24-3-2-4-26(37-24)30(34,35)36/h2-10,15,17,19H,11-14,16,18H2,1H3. The number of benzene rings is 2. The molecule has 226 valence electrons. The number of halogens is 6. The molecule has 0 spiro atoms. The van der Waals surface area contributed by atoms with Gasteiger partial charge in [-0.15, -0.1) is 0 Å². The van der Waals surface area contributed by atoms with E-state index in [0.717, 1.165) is 26.0 Å². The molecule has 7 nitrogen and oxygen atoms in total. The normalized spacial score (nSPS) is 14.7. The highest BCUT2D eigenvalue weighted by Gasteiger charge is 2.33. The van der Waals surface area contributed by atoms with Gasteiger partial charge in [0.15, 0.2) is 0 Å². The summed E-state index contributed by atoms with van der Waals surface area (Å²) in [7, 11) is 1.10. The van der Waals surface area contributed by atoms with E-state index in [2.05, 4.69) is 10.1 Å². The molecule has 3 heterocycles. The molecule has 1 aliphatic rings. The van der Waals surface area contributed by atoms with E-state index >= 15 is 0 Å².